The number of fused-ring (bicyclic) bond motifs is 1. The summed E-state index contributed by atoms with van der Waals surface area (Å²) in [4.78, 5) is 29.7. The number of carbonyl (C=O) groups is 1. The van der Waals surface area contributed by atoms with Crippen molar-refractivity contribution in [2.45, 2.75) is 31.6 Å². The summed E-state index contributed by atoms with van der Waals surface area (Å²) in [5, 5.41) is 11.2. The van der Waals surface area contributed by atoms with Gasteiger partial charge < -0.3 is 24.2 Å². The van der Waals surface area contributed by atoms with Crippen molar-refractivity contribution >= 4 is 22.8 Å². The molecule has 1 fully saturated rings. The number of methoxy groups -OCH3 is 1. The third-order valence-electron chi connectivity index (χ3n) is 5.69. The smallest absolute Gasteiger partial charge is 0.242 e. The van der Waals surface area contributed by atoms with Crippen molar-refractivity contribution in [3.8, 4) is 0 Å². The van der Waals surface area contributed by atoms with E-state index in [2.05, 4.69) is 15.0 Å². The van der Waals surface area contributed by atoms with Crippen LogP contribution in [-0.2, 0) is 22.7 Å². The number of anilines is 1. The van der Waals surface area contributed by atoms with Gasteiger partial charge in [0.05, 0.1) is 29.4 Å². The van der Waals surface area contributed by atoms with E-state index in [1.165, 1.54) is 0 Å². The highest BCUT2D eigenvalue weighted by molar-refractivity contribution is 5.81. The highest BCUT2D eigenvalue weighted by Gasteiger charge is 2.36. The van der Waals surface area contributed by atoms with E-state index in [4.69, 9.17) is 4.74 Å². The molecule has 0 radical (unpaired) electrons. The summed E-state index contributed by atoms with van der Waals surface area (Å²) in [6.07, 6.45) is 6.42. The van der Waals surface area contributed by atoms with Crippen molar-refractivity contribution in [1.82, 2.24) is 24.4 Å². The molecule has 1 saturated heterocycles. The van der Waals surface area contributed by atoms with Gasteiger partial charge in [0.2, 0.25) is 5.91 Å². The Bertz CT molecular complexity index is 1040. The number of hydrogen-bond donors (Lipinski definition) is 1. The second-order valence-electron chi connectivity index (χ2n) is 8.10. The van der Waals surface area contributed by atoms with E-state index >= 15 is 0 Å². The maximum Gasteiger partial charge on any atom is 0.242 e. The molecule has 164 valence electrons. The Hall–Kier alpha value is -3.04. The lowest BCUT2D eigenvalue weighted by molar-refractivity contribution is -0.134. The third-order valence-corrected chi connectivity index (χ3v) is 5.69. The van der Waals surface area contributed by atoms with Crippen LogP contribution in [0, 0.1) is 0 Å². The Morgan fingerprint density at radius 1 is 1.32 bits per heavy atom. The minimum Gasteiger partial charge on any atom is -0.386 e. The first-order valence-electron chi connectivity index (χ1n) is 10.4. The van der Waals surface area contributed by atoms with Gasteiger partial charge in [0.15, 0.2) is 0 Å². The van der Waals surface area contributed by atoms with Crippen LogP contribution >= 0.6 is 0 Å². The van der Waals surface area contributed by atoms with Crippen molar-refractivity contribution < 1.29 is 14.6 Å². The Balaban J connectivity index is 1.46. The van der Waals surface area contributed by atoms with E-state index < -0.39 is 5.60 Å². The van der Waals surface area contributed by atoms with E-state index in [9.17, 15) is 9.90 Å². The van der Waals surface area contributed by atoms with Gasteiger partial charge >= 0.3 is 0 Å². The molecule has 1 unspecified atom stereocenters. The lowest BCUT2D eigenvalue weighted by Gasteiger charge is -2.41. The second-order valence-corrected chi connectivity index (χ2v) is 8.10. The molecule has 1 aromatic carbocycles. The van der Waals surface area contributed by atoms with Crippen molar-refractivity contribution in [2.75, 3.05) is 38.7 Å². The zero-order chi connectivity index (χ0) is 21.8. The van der Waals surface area contributed by atoms with Crippen LogP contribution in [0.4, 0.5) is 5.82 Å². The number of aromatic nitrogens is 4. The van der Waals surface area contributed by atoms with Gasteiger partial charge in [-0.3, -0.25) is 9.78 Å². The molecule has 9 heteroatoms. The maximum atomic E-state index is 13.1. The summed E-state index contributed by atoms with van der Waals surface area (Å²) in [5.41, 5.74) is 0.712. The number of ether oxygens (including phenoxy) is 1. The monoisotopic (exact) mass is 424 g/mol. The first-order valence-corrected chi connectivity index (χ1v) is 10.4. The largest absolute Gasteiger partial charge is 0.386 e. The first kappa shape index (κ1) is 21.2. The number of nitrogens with zero attached hydrogens (tertiary/aromatic N) is 6. The summed E-state index contributed by atoms with van der Waals surface area (Å²) in [7, 11) is 3.34. The number of hydrogen-bond acceptors (Lipinski definition) is 7. The number of rotatable bonds is 7. The molecule has 3 aromatic rings. The van der Waals surface area contributed by atoms with Crippen molar-refractivity contribution in [3.05, 3.63) is 48.7 Å². The quantitative estimate of drug-likeness (QED) is 0.613. The molecule has 1 aliphatic heterocycles. The molecule has 0 bridgehead atoms. The van der Waals surface area contributed by atoms with Crippen molar-refractivity contribution in [1.29, 1.82) is 0 Å². The normalized spacial score (nSPS) is 19.0. The Morgan fingerprint density at radius 2 is 2.16 bits per heavy atom. The number of benzene rings is 1. The van der Waals surface area contributed by atoms with Gasteiger partial charge in [-0.15, -0.1) is 0 Å². The van der Waals surface area contributed by atoms with Crippen LogP contribution in [-0.4, -0.2) is 74.8 Å². The van der Waals surface area contributed by atoms with Crippen LogP contribution in [0.2, 0.25) is 0 Å². The summed E-state index contributed by atoms with van der Waals surface area (Å²) < 4.78 is 7.15. The van der Waals surface area contributed by atoms with Gasteiger partial charge in [0, 0.05) is 39.6 Å². The molecule has 1 aliphatic rings. The minimum absolute atomic E-state index is 0.0921. The van der Waals surface area contributed by atoms with Crippen molar-refractivity contribution in [2.24, 2.45) is 0 Å². The van der Waals surface area contributed by atoms with E-state index in [0.717, 1.165) is 29.8 Å². The van der Waals surface area contributed by atoms with Crippen LogP contribution in [0.3, 0.4) is 0 Å². The number of carbonyl (C=O) groups excluding carboxylic acids is 1. The molecular formula is C22H28N6O3. The van der Waals surface area contributed by atoms with Gasteiger partial charge in [0.25, 0.3) is 0 Å². The number of imidazole rings is 1. The molecule has 4 rings (SSSR count). The predicted molar refractivity (Wildman–Crippen MR) is 117 cm³/mol. The van der Waals surface area contributed by atoms with Crippen LogP contribution in [0.1, 0.15) is 18.7 Å². The summed E-state index contributed by atoms with van der Waals surface area (Å²) in [6.45, 7) is 1.92. The Labute approximate surface area is 181 Å². The van der Waals surface area contributed by atoms with E-state index in [1.807, 2.05) is 33.7 Å². The Kier molecular flexibility index (Phi) is 6.15. The zero-order valence-corrected chi connectivity index (χ0v) is 17.9. The first-order chi connectivity index (χ1) is 15.0. The molecule has 9 nitrogen and oxygen atoms in total. The van der Waals surface area contributed by atoms with E-state index in [1.54, 1.807) is 37.6 Å². The molecule has 3 heterocycles. The van der Waals surface area contributed by atoms with E-state index in [-0.39, 0.29) is 19.0 Å². The third kappa shape index (κ3) is 4.67. The van der Waals surface area contributed by atoms with Crippen LogP contribution < -0.4 is 4.90 Å². The fourth-order valence-corrected chi connectivity index (χ4v) is 4.22. The minimum atomic E-state index is -1.01. The molecular weight excluding hydrogens is 396 g/mol. The lowest BCUT2D eigenvalue weighted by atomic mass is 9.92. The maximum absolute atomic E-state index is 13.1. The lowest BCUT2D eigenvalue weighted by Crippen LogP contribution is -2.55. The predicted octanol–water partition coefficient (Wildman–Crippen LogP) is 1.46. The number of para-hydroxylation sites is 2. The van der Waals surface area contributed by atoms with Gasteiger partial charge in [-0.25, -0.2) is 9.97 Å². The number of piperidine rings is 1. The summed E-state index contributed by atoms with van der Waals surface area (Å²) >= 11 is 0. The van der Waals surface area contributed by atoms with Gasteiger partial charge in [0.1, 0.15) is 24.8 Å². The van der Waals surface area contributed by atoms with Gasteiger partial charge in [-0.2, -0.15) is 0 Å². The highest BCUT2D eigenvalue weighted by Crippen LogP contribution is 2.25. The van der Waals surface area contributed by atoms with Gasteiger partial charge in [-0.05, 0) is 25.0 Å². The fourth-order valence-electron chi connectivity index (χ4n) is 4.22. The number of β-amino-alcohol motifs (C(OH)–C–C–N with tert-alkyl or cyclic N) is 1. The SMILES string of the molecule is COCc1nc2ccccc2n1CC(=O)N(C)CC1(O)CCCN(c2cnccn2)C1. The molecule has 1 atom stereocenters. The highest BCUT2D eigenvalue weighted by atomic mass is 16.5. The molecule has 2 aromatic heterocycles. The molecule has 0 saturated carbocycles. The second kappa shape index (κ2) is 8.99. The van der Waals surface area contributed by atoms with Crippen LogP contribution in [0.5, 0.6) is 0 Å². The fraction of sp³-hybridized carbons (Fsp3) is 0.455. The molecule has 1 N–H and O–H groups in total. The number of aliphatic hydroxyl groups is 1. The number of likely N-dealkylation sites (N-methyl/N-ethyl adjacent to an activating group) is 1. The molecule has 0 aliphatic carbocycles. The topological polar surface area (TPSA) is 96.6 Å². The average Bonchev–Trinajstić information content (AvgIpc) is 3.11. The molecule has 31 heavy (non-hydrogen) atoms. The van der Waals surface area contributed by atoms with Crippen LogP contribution in [0.25, 0.3) is 11.0 Å². The number of amides is 1. The average molecular weight is 425 g/mol. The van der Waals surface area contributed by atoms with E-state index in [0.29, 0.717) is 25.4 Å². The summed E-state index contributed by atoms with van der Waals surface area (Å²) in [5.74, 6) is 1.35. The molecule has 0 spiro atoms. The standard InChI is InChI=1S/C22H28N6O3/c1-26(15-22(30)8-5-11-27(16-22)19-12-23-9-10-24-19)21(29)13-28-18-7-4-3-6-17(18)25-20(28)14-31-2/h3-4,6-7,9-10,12,30H,5,8,11,13-16H2,1-2H3. The van der Waals surface area contributed by atoms with Crippen molar-refractivity contribution in [3.63, 3.8) is 0 Å². The van der Waals surface area contributed by atoms with Crippen LogP contribution in [0.15, 0.2) is 42.9 Å². The van der Waals surface area contributed by atoms with Gasteiger partial charge in [-0.1, -0.05) is 12.1 Å². The summed E-state index contributed by atoms with van der Waals surface area (Å²) in [6, 6.07) is 7.72. The zero-order valence-electron chi connectivity index (χ0n) is 17.9. The Morgan fingerprint density at radius 3 is 2.94 bits per heavy atom. The molecule has 1 amide bonds.